The molecule has 0 aliphatic carbocycles. The van der Waals surface area contributed by atoms with Crippen LogP contribution in [0.5, 0.6) is 0 Å². The predicted molar refractivity (Wildman–Crippen MR) is 148 cm³/mol. The van der Waals surface area contributed by atoms with Crippen LogP contribution in [0.15, 0.2) is 84.6 Å². The third-order valence-electron chi connectivity index (χ3n) is 5.92. The Morgan fingerprint density at radius 1 is 0.769 bits per heavy atom. The molecule has 39 heavy (non-hydrogen) atoms. The van der Waals surface area contributed by atoms with Crippen LogP contribution >= 0.6 is 22.7 Å². The van der Waals surface area contributed by atoms with Gasteiger partial charge in [-0.1, -0.05) is 11.3 Å². The summed E-state index contributed by atoms with van der Waals surface area (Å²) in [5.74, 6) is 0. The van der Waals surface area contributed by atoms with Crippen molar-refractivity contribution < 1.29 is 13.2 Å². The first-order chi connectivity index (χ1) is 18.7. The summed E-state index contributed by atoms with van der Waals surface area (Å²) in [7, 11) is 0. The van der Waals surface area contributed by atoms with Crippen molar-refractivity contribution in [1.82, 2.24) is 4.98 Å². The van der Waals surface area contributed by atoms with Crippen molar-refractivity contribution in [2.75, 3.05) is 18.0 Å². The fourth-order valence-corrected chi connectivity index (χ4v) is 5.38. The number of hydrogen-bond acceptors (Lipinski definition) is 10. The van der Waals surface area contributed by atoms with Crippen molar-refractivity contribution in [3.63, 3.8) is 0 Å². The van der Waals surface area contributed by atoms with E-state index in [4.69, 9.17) is 0 Å². The van der Waals surface area contributed by atoms with Gasteiger partial charge in [-0.05, 0) is 86.3 Å². The second-order valence-corrected chi connectivity index (χ2v) is 10.7. The summed E-state index contributed by atoms with van der Waals surface area (Å²) in [6.45, 7) is 5.94. The van der Waals surface area contributed by atoms with Crippen molar-refractivity contribution in [2.45, 2.75) is 32.9 Å². The molecule has 0 amide bonds. The second kappa shape index (κ2) is 11.5. The Morgan fingerprint density at radius 2 is 1.38 bits per heavy atom. The van der Waals surface area contributed by atoms with Crippen molar-refractivity contribution in [3.8, 4) is 0 Å². The van der Waals surface area contributed by atoms with Crippen LogP contribution in [-0.2, 0) is 6.18 Å². The molecule has 1 aliphatic rings. The van der Waals surface area contributed by atoms with Crippen LogP contribution < -0.4 is 4.90 Å². The number of thiophene rings is 1. The molecule has 200 valence electrons. The largest absolute Gasteiger partial charge is 0.434 e. The van der Waals surface area contributed by atoms with Gasteiger partial charge in [0.2, 0.25) is 5.13 Å². The minimum absolute atomic E-state index is 0.0637. The lowest BCUT2D eigenvalue weighted by Gasteiger charge is -2.13. The van der Waals surface area contributed by atoms with Crippen LogP contribution in [0.4, 0.5) is 51.1 Å². The Hall–Kier alpha value is -3.84. The molecule has 0 saturated carbocycles. The summed E-state index contributed by atoms with van der Waals surface area (Å²) >= 11 is 2.43. The van der Waals surface area contributed by atoms with E-state index in [1.54, 1.807) is 29.5 Å². The van der Waals surface area contributed by atoms with E-state index in [0.717, 1.165) is 51.6 Å². The van der Waals surface area contributed by atoms with Crippen LogP contribution in [0.3, 0.4) is 0 Å². The molecule has 0 atom stereocenters. The number of halogens is 3. The van der Waals surface area contributed by atoms with E-state index in [0.29, 0.717) is 17.1 Å². The Balaban J connectivity index is 1.22. The number of azo groups is 3. The van der Waals surface area contributed by atoms with Gasteiger partial charge in [0.25, 0.3) is 0 Å². The van der Waals surface area contributed by atoms with Crippen molar-refractivity contribution in [3.05, 3.63) is 70.7 Å². The molecule has 8 nitrogen and oxygen atoms in total. The van der Waals surface area contributed by atoms with Crippen LogP contribution in [-0.4, -0.2) is 18.1 Å². The highest BCUT2D eigenvalue weighted by atomic mass is 32.1. The number of rotatable bonds is 7. The predicted octanol–water partition coefficient (Wildman–Crippen LogP) is 10.7. The molecule has 0 radical (unpaired) electrons. The summed E-state index contributed by atoms with van der Waals surface area (Å²) < 4.78 is 38.1. The third kappa shape index (κ3) is 6.79. The number of benzene rings is 2. The van der Waals surface area contributed by atoms with E-state index < -0.39 is 11.9 Å². The Morgan fingerprint density at radius 3 is 1.97 bits per heavy atom. The number of thiazole rings is 1. The normalized spacial score (nSPS) is 14.5. The minimum atomic E-state index is -4.50. The van der Waals surface area contributed by atoms with E-state index in [1.165, 1.54) is 17.8 Å². The van der Waals surface area contributed by atoms with Gasteiger partial charge in [0, 0.05) is 18.5 Å². The zero-order valence-corrected chi connectivity index (χ0v) is 22.7. The van der Waals surface area contributed by atoms with Gasteiger partial charge in [0.1, 0.15) is 5.00 Å². The summed E-state index contributed by atoms with van der Waals surface area (Å²) in [5.41, 5.74) is 3.22. The molecule has 0 unspecified atom stereocenters. The highest BCUT2D eigenvalue weighted by molar-refractivity contribution is 7.19. The van der Waals surface area contributed by atoms with Crippen molar-refractivity contribution >= 4 is 60.6 Å². The fraction of sp³-hybridized carbons (Fsp3) is 0.269. The zero-order valence-electron chi connectivity index (χ0n) is 21.1. The van der Waals surface area contributed by atoms with Crippen molar-refractivity contribution in [2.24, 2.45) is 30.7 Å². The summed E-state index contributed by atoms with van der Waals surface area (Å²) in [6.07, 6.45) is -2.03. The smallest absolute Gasteiger partial charge is 0.363 e. The maximum absolute atomic E-state index is 12.7. The number of aryl methyl sites for hydroxylation is 2. The molecule has 2 aromatic heterocycles. The van der Waals surface area contributed by atoms with E-state index in [1.807, 2.05) is 38.1 Å². The summed E-state index contributed by atoms with van der Waals surface area (Å²) in [4.78, 5) is 5.83. The first-order valence-electron chi connectivity index (χ1n) is 12.1. The van der Waals surface area contributed by atoms with Gasteiger partial charge in [-0.3, -0.25) is 0 Å². The van der Waals surface area contributed by atoms with Gasteiger partial charge in [0.05, 0.1) is 27.8 Å². The van der Waals surface area contributed by atoms with Gasteiger partial charge in [-0.15, -0.1) is 31.8 Å². The van der Waals surface area contributed by atoms with Gasteiger partial charge in [0.15, 0.2) is 5.69 Å². The highest BCUT2D eigenvalue weighted by Crippen LogP contribution is 2.36. The molecule has 4 aromatic rings. The first kappa shape index (κ1) is 26.8. The molecule has 1 aliphatic heterocycles. The average molecular weight is 569 g/mol. The maximum Gasteiger partial charge on any atom is 0.434 e. The molecule has 1 fully saturated rings. The number of alkyl halides is 3. The number of nitrogens with zero attached hydrogens (tertiary/aromatic N) is 8. The highest BCUT2D eigenvalue weighted by Gasteiger charge is 2.33. The maximum atomic E-state index is 12.7. The molecule has 3 heterocycles. The van der Waals surface area contributed by atoms with E-state index in [-0.39, 0.29) is 5.13 Å². The lowest BCUT2D eigenvalue weighted by atomic mass is 10.2. The number of hydrogen-bond donors (Lipinski definition) is 0. The quantitative estimate of drug-likeness (QED) is 0.207. The van der Waals surface area contributed by atoms with E-state index in [9.17, 15) is 13.2 Å². The molecular formula is C26H23F3N8S2. The van der Waals surface area contributed by atoms with Gasteiger partial charge in [-0.25, -0.2) is 4.98 Å². The standard InChI is InChI=1S/C26H23F3N8S2/c1-16-14-19(32-35-23-9-10-24(39-23)37-11-3-4-12-37)6-7-20(16)33-31-18-5-8-21(17(2)13-18)34-36-25-30-22(15-38-25)26(27,28)29/h5-10,13-15H,3-4,11-12H2,1-2H3. The lowest BCUT2D eigenvalue weighted by Crippen LogP contribution is -2.15. The molecule has 0 N–H and O–H groups in total. The molecule has 0 bridgehead atoms. The lowest BCUT2D eigenvalue weighted by molar-refractivity contribution is -0.140. The molecule has 13 heteroatoms. The Kier molecular flexibility index (Phi) is 7.89. The summed E-state index contributed by atoms with van der Waals surface area (Å²) in [6, 6.07) is 14.9. The average Bonchev–Trinajstić information content (AvgIpc) is 3.68. The van der Waals surface area contributed by atoms with Crippen LogP contribution in [0.25, 0.3) is 0 Å². The molecule has 0 spiro atoms. The van der Waals surface area contributed by atoms with Crippen LogP contribution in [0.1, 0.15) is 29.7 Å². The molecule has 1 saturated heterocycles. The molecular weight excluding hydrogens is 545 g/mol. The monoisotopic (exact) mass is 568 g/mol. The second-order valence-electron chi connectivity index (χ2n) is 8.86. The fourth-order valence-electron chi connectivity index (χ4n) is 3.86. The molecule has 2 aromatic carbocycles. The number of anilines is 1. The van der Waals surface area contributed by atoms with Crippen LogP contribution in [0, 0.1) is 13.8 Å². The van der Waals surface area contributed by atoms with Gasteiger partial charge < -0.3 is 4.90 Å². The van der Waals surface area contributed by atoms with E-state index >= 15 is 0 Å². The van der Waals surface area contributed by atoms with Crippen LogP contribution in [0.2, 0.25) is 0 Å². The number of aromatic nitrogens is 1. The Bertz CT molecular complexity index is 1550. The topological polar surface area (TPSA) is 90.3 Å². The minimum Gasteiger partial charge on any atom is -0.363 e. The van der Waals surface area contributed by atoms with Gasteiger partial charge in [-0.2, -0.15) is 23.4 Å². The SMILES string of the molecule is Cc1cc(N=Nc2ccc(N3CCCC3)s2)ccc1N=Nc1ccc(N=Nc2nc(C(F)(F)F)cs2)c(C)c1. The molecule has 5 rings (SSSR count). The van der Waals surface area contributed by atoms with Gasteiger partial charge >= 0.3 is 6.18 Å². The Labute approximate surface area is 230 Å². The zero-order chi connectivity index (χ0) is 27.4. The van der Waals surface area contributed by atoms with Crippen molar-refractivity contribution in [1.29, 1.82) is 0 Å². The first-order valence-corrected chi connectivity index (χ1v) is 13.8. The third-order valence-corrected chi connectivity index (χ3v) is 7.67. The van der Waals surface area contributed by atoms with E-state index in [2.05, 4.69) is 46.6 Å². The summed E-state index contributed by atoms with van der Waals surface area (Å²) in [5, 5.41) is 28.2.